The second-order valence-electron chi connectivity index (χ2n) is 10.6. The fourth-order valence-corrected chi connectivity index (χ4v) is 5.88. The lowest BCUT2D eigenvalue weighted by Crippen LogP contribution is -2.52. The van der Waals surface area contributed by atoms with E-state index < -0.39 is 49.0 Å². The first kappa shape index (κ1) is 29.0. The molecule has 1 saturated heterocycles. The number of amides is 1. The summed E-state index contributed by atoms with van der Waals surface area (Å²) < 4.78 is 55.0. The zero-order chi connectivity index (χ0) is 29.1. The van der Waals surface area contributed by atoms with E-state index >= 15 is 0 Å². The first-order chi connectivity index (χ1) is 19.6. The quantitative estimate of drug-likeness (QED) is 0.410. The Morgan fingerprint density at radius 2 is 2.05 bits per heavy atom. The van der Waals surface area contributed by atoms with Crippen LogP contribution >= 0.6 is 0 Å². The van der Waals surface area contributed by atoms with Gasteiger partial charge in [-0.15, -0.1) is 0 Å². The highest BCUT2D eigenvalue weighted by atomic mass is 19.4. The van der Waals surface area contributed by atoms with E-state index in [0.717, 1.165) is 29.6 Å². The average molecular weight is 581 g/mol. The summed E-state index contributed by atoms with van der Waals surface area (Å²) in [6, 6.07) is 3.72. The molecular weight excluding hydrogens is 545 g/mol. The summed E-state index contributed by atoms with van der Waals surface area (Å²) in [6.07, 6.45) is -2.81. The van der Waals surface area contributed by atoms with Crippen LogP contribution in [-0.4, -0.2) is 101 Å². The van der Waals surface area contributed by atoms with Gasteiger partial charge >= 0.3 is 12.1 Å². The lowest BCUT2D eigenvalue weighted by molar-refractivity contribution is -0.172. The van der Waals surface area contributed by atoms with Gasteiger partial charge in [0.05, 0.1) is 50.1 Å². The number of imidazole rings is 1. The number of alkyl halides is 3. The Balaban J connectivity index is 1.45. The molecule has 3 unspecified atom stereocenters. The van der Waals surface area contributed by atoms with Gasteiger partial charge in [0, 0.05) is 38.6 Å². The summed E-state index contributed by atoms with van der Waals surface area (Å²) in [7, 11) is 0. The number of hydrogen-bond acceptors (Lipinski definition) is 8. The summed E-state index contributed by atoms with van der Waals surface area (Å²) in [5.74, 6) is -1.97. The van der Waals surface area contributed by atoms with Crippen molar-refractivity contribution in [3.8, 4) is 5.75 Å². The normalized spacial score (nSPS) is 22.1. The predicted octanol–water partition coefficient (Wildman–Crippen LogP) is 2.27. The van der Waals surface area contributed by atoms with Gasteiger partial charge in [0.15, 0.2) is 0 Å². The van der Waals surface area contributed by atoms with Crippen molar-refractivity contribution in [3.05, 3.63) is 41.2 Å². The molecule has 0 saturated carbocycles. The van der Waals surface area contributed by atoms with E-state index in [9.17, 15) is 27.9 Å². The highest BCUT2D eigenvalue weighted by Gasteiger charge is 2.45. The smallest absolute Gasteiger partial charge is 0.406 e. The molecule has 14 heteroatoms. The molecule has 3 aliphatic heterocycles. The van der Waals surface area contributed by atoms with Crippen LogP contribution in [-0.2, 0) is 27.2 Å². The maximum Gasteiger partial charge on any atom is 0.406 e. The van der Waals surface area contributed by atoms with Crippen LogP contribution in [0.4, 0.5) is 19.1 Å². The fraction of sp³-hybridized carbons (Fsp3) is 0.593. The number of carbonyl (C=O) groups is 2. The van der Waals surface area contributed by atoms with Gasteiger partial charge in [0.2, 0.25) is 11.9 Å². The maximum absolute atomic E-state index is 13.9. The molecule has 224 valence electrons. The molecule has 0 spiro atoms. The van der Waals surface area contributed by atoms with Crippen LogP contribution in [0.5, 0.6) is 5.75 Å². The highest BCUT2D eigenvalue weighted by Crippen LogP contribution is 2.40. The van der Waals surface area contributed by atoms with E-state index in [1.807, 2.05) is 22.7 Å². The molecule has 41 heavy (non-hydrogen) atoms. The molecule has 3 N–H and O–H groups in total. The van der Waals surface area contributed by atoms with Crippen molar-refractivity contribution >= 4 is 17.8 Å². The Morgan fingerprint density at radius 1 is 1.27 bits per heavy atom. The van der Waals surface area contributed by atoms with E-state index in [1.165, 1.54) is 0 Å². The number of morpholine rings is 1. The number of carbonyl (C=O) groups excluding carboxylic acids is 1. The molecule has 2 aromatic rings. The monoisotopic (exact) mass is 580 g/mol. The molecule has 4 heterocycles. The van der Waals surface area contributed by atoms with Crippen LogP contribution in [0.1, 0.15) is 36.2 Å². The second-order valence-corrected chi connectivity index (χ2v) is 10.6. The van der Waals surface area contributed by atoms with Crippen molar-refractivity contribution in [3.63, 3.8) is 0 Å². The van der Waals surface area contributed by atoms with Gasteiger partial charge in [-0.1, -0.05) is 6.07 Å². The number of carboxylic acids is 1. The molecule has 0 aliphatic carbocycles. The van der Waals surface area contributed by atoms with Gasteiger partial charge in [-0.2, -0.15) is 13.2 Å². The van der Waals surface area contributed by atoms with Gasteiger partial charge in [-0.3, -0.25) is 14.5 Å². The number of rotatable bonds is 9. The van der Waals surface area contributed by atoms with Gasteiger partial charge in [0.1, 0.15) is 12.3 Å². The number of benzene rings is 1. The molecule has 1 aromatic heterocycles. The second kappa shape index (κ2) is 12.1. The van der Waals surface area contributed by atoms with Gasteiger partial charge < -0.3 is 30.2 Å². The summed E-state index contributed by atoms with van der Waals surface area (Å²) in [4.78, 5) is 32.6. The molecule has 1 aromatic carbocycles. The van der Waals surface area contributed by atoms with Gasteiger partial charge in [0.25, 0.3) is 0 Å². The van der Waals surface area contributed by atoms with Crippen molar-refractivity contribution in [2.75, 3.05) is 63.3 Å². The van der Waals surface area contributed by atoms with Gasteiger partial charge in [-0.25, -0.2) is 9.66 Å². The third kappa shape index (κ3) is 6.87. The third-order valence-electron chi connectivity index (χ3n) is 7.79. The van der Waals surface area contributed by atoms with E-state index in [-0.39, 0.29) is 13.0 Å². The Labute approximate surface area is 235 Å². The topological polar surface area (TPSA) is 121 Å². The number of carboxylic acid groups (broad SMARTS) is 1. The number of aliphatic carboxylic acids is 1. The van der Waals surface area contributed by atoms with E-state index in [0.29, 0.717) is 49.6 Å². The molecule has 3 atom stereocenters. The zero-order valence-electron chi connectivity index (χ0n) is 22.8. The van der Waals surface area contributed by atoms with Crippen molar-refractivity contribution < 1.29 is 37.3 Å². The first-order valence-electron chi connectivity index (χ1n) is 13.8. The van der Waals surface area contributed by atoms with Crippen LogP contribution < -0.4 is 15.5 Å². The number of anilines is 1. The van der Waals surface area contributed by atoms with Crippen LogP contribution in [0.2, 0.25) is 0 Å². The molecule has 0 radical (unpaired) electrons. The zero-order valence-corrected chi connectivity index (χ0v) is 22.8. The Kier molecular flexibility index (Phi) is 8.59. The largest absolute Gasteiger partial charge is 0.493 e. The number of fused-ring (bicyclic) bond motifs is 2. The van der Waals surface area contributed by atoms with Crippen molar-refractivity contribution in [1.29, 1.82) is 0 Å². The minimum Gasteiger partial charge on any atom is -0.493 e. The van der Waals surface area contributed by atoms with Crippen molar-refractivity contribution in [2.45, 2.75) is 44.4 Å². The predicted molar refractivity (Wildman–Crippen MR) is 142 cm³/mol. The number of aromatic nitrogens is 2. The van der Waals surface area contributed by atoms with Crippen molar-refractivity contribution in [1.82, 2.24) is 19.5 Å². The first-order valence-corrected chi connectivity index (χ1v) is 13.8. The highest BCUT2D eigenvalue weighted by molar-refractivity contribution is 5.85. The van der Waals surface area contributed by atoms with Gasteiger partial charge in [-0.05, 0) is 36.6 Å². The molecule has 1 amide bonds. The summed E-state index contributed by atoms with van der Waals surface area (Å²) >= 11 is 0. The standard InChI is InChI=1S/C27H35F3N6O5/c1-17(34-7-10-40-11-8-34)24-22-14-21(41-9-4-20-15-36-26(33-20)31-5-6-32-36)3-2-18(22)12-19(13-23(37)38)25(39)35(24)16-27(28,29)30/h2-3,14-15,17,19,24,32H,4-13,16H2,1H3,(H,31,33)(H,37,38). The van der Waals surface area contributed by atoms with Crippen LogP contribution in [0, 0.1) is 5.92 Å². The van der Waals surface area contributed by atoms with Crippen LogP contribution in [0.3, 0.4) is 0 Å². The molecule has 3 aliphatic rings. The summed E-state index contributed by atoms with van der Waals surface area (Å²) in [5, 5.41) is 12.7. The van der Waals surface area contributed by atoms with E-state index in [1.54, 1.807) is 18.2 Å². The van der Waals surface area contributed by atoms with E-state index in [2.05, 4.69) is 15.7 Å². The number of nitrogens with zero attached hydrogens (tertiary/aromatic N) is 4. The summed E-state index contributed by atoms with van der Waals surface area (Å²) in [5.41, 5.74) is 5.20. The maximum atomic E-state index is 13.9. The lowest BCUT2D eigenvalue weighted by Gasteiger charge is -2.42. The Morgan fingerprint density at radius 3 is 2.76 bits per heavy atom. The SMILES string of the molecule is CC(C1c2cc(OCCc3cn4c(n3)NCCN4)ccc2CC(CC(=O)O)C(=O)N1CC(F)(F)F)N1CCOCC1. The molecular formula is C27H35F3N6O5. The molecule has 5 rings (SSSR count). The minimum absolute atomic E-state index is 0.0294. The molecule has 0 bridgehead atoms. The fourth-order valence-electron chi connectivity index (χ4n) is 5.88. The minimum atomic E-state index is -4.67. The van der Waals surface area contributed by atoms with Crippen LogP contribution in [0.15, 0.2) is 24.4 Å². The average Bonchev–Trinajstić information content (AvgIpc) is 3.31. The molecule has 1 fully saturated rings. The molecule has 11 nitrogen and oxygen atoms in total. The van der Waals surface area contributed by atoms with Crippen LogP contribution in [0.25, 0.3) is 0 Å². The Hall–Kier alpha value is -3.52. The number of hydrogen-bond donors (Lipinski definition) is 3. The lowest BCUT2D eigenvalue weighted by atomic mass is 9.90. The van der Waals surface area contributed by atoms with Crippen molar-refractivity contribution in [2.24, 2.45) is 5.92 Å². The number of ether oxygens (including phenoxy) is 2. The Bertz CT molecular complexity index is 1230. The number of halogens is 3. The van der Waals surface area contributed by atoms with E-state index in [4.69, 9.17) is 9.47 Å². The number of nitrogens with one attached hydrogen (secondary N) is 2. The summed E-state index contributed by atoms with van der Waals surface area (Å²) in [6.45, 7) is 4.05. The third-order valence-corrected chi connectivity index (χ3v) is 7.79.